The van der Waals surface area contributed by atoms with E-state index in [1.54, 1.807) is 17.5 Å². The van der Waals surface area contributed by atoms with Crippen LogP contribution in [0.2, 0.25) is 0 Å². The largest absolute Gasteiger partial charge is 0.461 e. The van der Waals surface area contributed by atoms with Crippen LogP contribution in [0, 0.1) is 6.92 Å². The summed E-state index contributed by atoms with van der Waals surface area (Å²) in [7, 11) is 0. The lowest BCUT2D eigenvalue weighted by Gasteiger charge is -1.94. The lowest BCUT2D eigenvalue weighted by molar-refractivity contribution is 0.0876. The van der Waals surface area contributed by atoms with Crippen molar-refractivity contribution in [3.8, 4) is 0 Å². The Kier molecular flexibility index (Phi) is 2.96. The van der Waals surface area contributed by atoms with Crippen molar-refractivity contribution in [1.29, 1.82) is 0 Å². The number of ketones is 2. The van der Waals surface area contributed by atoms with Gasteiger partial charge in [-0.2, -0.15) is 0 Å². The molecule has 16 heavy (non-hydrogen) atoms. The fourth-order valence-electron chi connectivity index (χ4n) is 1.25. The Morgan fingerprint density at radius 2 is 2.25 bits per heavy atom. The van der Waals surface area contributed by atoms with Gasteiger partial charge in [-0.1, -0.05) is 0 Å². The fourth-order valence-corrected chi connectivity index (χ4v) is 1.87. The molecule has 0 aromatic carbocycles. The first-order valence-electron chi connectivity index (χ1n) is 4.69. The van der Waals surface area contributed by atoms with E-state index in [-0.39, 0.29) is 23.7 Å². The molecule has 82 valence electrons. The maximum absolute atomic E-state index is 11.6. The van der Waals surface area contributed by atoms with E-state index in [9.17, 15) is 9.59 Å². The molecule has 2 heterocycles. The molecule has 0 fully saturated rings. The molecule has 0 amide bonds. The first-order valence-corrected chi connectivity index (χ1v) is 5.57. The molecular weight excluding hydrogens is 226 g/mol. The highest BCUT2D eigenvalue weighted by molar-refractivity contribution is 7.09. The van der Waals surface area contributed by atoms with Crippen molar-refractivity contribution < 1.29 is 14.0 Å². The van der Waals surface area contributed by atoms with Crippen LogP contribution in [0.4, 0.5) is 0 Å². The van der Waals surface area contributed by atoms with Gasteiger partial charge in [-0.3, -0.25) is 9.59 Å². The zero-order valence-corrected chi connectivity index (χ0v) is 9.41. The first kappa shape index (κ1) is 10.8. The fraction of sp³-hybridized carbons (Fsp3) is 0.182. The average molecular weight is 235 g/mol. The van der Waals surface area contributed by atoms with Crippen LogP contribution in [0.15, 0.2) is 28.2 Å². The van der Waals surface area contributed by atoms with Gasteiger partial charge in [0.1, 0.15) is 5.69 Å². The van der Waals surface area contributed by atoms with E-state index >= 15 is 0 Å². The molecule has 0 radical (unpaired) electrons. The summed E-state index contributed by atoms with van der Waals surface area (Å²) >= 11 is 1.39. The smallest absolute Gasteiger partial charge is 0.205 e. The highest BCUT2D eigenvalue weighted by Crippen LogP contribution is 2.12. The van der Waals surface area contributed by atoms with Crippen molar-refractivity contribution >= 4 is 22.9 Å². The lowest BCUT2D eigenvalue weighted by atomic mass is 10.1. The van der Waals surface area contributed by atoms with Gasteiger partial charge in [-0.25, -0.2) is 4.98 Å². The summed E-state index contributed by atoms with van der Waals surface area (Å²) in [4.78, 5) is 27.2. The molecule has 0 saturated carbocycles. The molecule has 0 N–H and O–H groups in total. The average Bonchev–Trinajstić information content (AvgIpc) is 2.87. The minimum atomic E-state index is -0.319. The van der Waals surface area contributed by atoms with Crippen molar-refractivity contribution in [2.75, 3.05) is 0 Å². The van der Waals surface area contributed by atoms with Crippen molar-refractivity contribution in [2.24, 2.45) is 0 Å². The molecule has 0 aliphatic carbocycles. The van der Waals surface area contributed by atoms with E-state index in [4.69, 9.17) is 4.42 Å². The monoisotopic (exact) mass is 235 g/mol. The Balaban J connectivity index is 2.06. The number of hydrogen-bond acceptors (Lipinski definition) is 5. The Morgan fingerprint density at radius 1 is 1.44 bits per heavy atom. The van der Waals surface area contributed by atoms with Crippen LogP contribution in [0.3, 0.4) is 0 Å². The molecule has 2 rings (SSSR count). The third-order valence-electron chi connectivity index (χ3n) is 2.02. The molecule has 0 aliphatic rings. The van der Waals surface area contributed by atoms with E-state index in [2.05, 4.69) is 4.98 Å². The quantitative estimate of drug-likeness (QED) is 0.603. The number of aromatic nitrogens is 1. The van der Waals surface area contributed by atoms with Gasteiger partial charge in [0.15, 0.2) is 11.5 Å². The summed E-state index contributed by atoms with van der Waals surface area (Å²) in [6, 6.07) is 3.16. The van der Waals surface area contributed by atoms with Crippen molar-refractivity contribution in [3.05, 3.63) is 40.2 Å². The lowest BCUT2D eigenvalue weighted by Crippen LogP contribution is -2.08. The molecule has 0 saturated heterocycles. The first-order chi connectivity index (χ1) is 7.66. The SMILES string of the molecule is Cc1nc(C(=O)CC(=O)c2ccco2)cs1. The molecule has 0 unspecified atom stereocenters. The summed E-state index contributed by atoms with van der Waals surface area (Å²) in [5, 5.41) is 2.47. The van der Waals surface area contributed by atoms with Crippen LogP contribution in [0.25, 0.3) is 0 Å². The van der Waals surface area contributed by atoms with Gasteiger partial charge >= 0.3 is 0 Å². The van der Waals surface area contributed by atoms with Crippen LogP contribution in [0.5, 0.6) is 0 Å². The molecule has 4 nitrogen and oxygen atoms in total. The predicted molar refractivity (Wildman–Crippen MR) is 58.8 cm³/mol. The minimum absolute atomic E-state index is 0.198. The summed E-state index contributed by atoms with van der Waals surface area (Å²) < 4.78 is 4.92. The highest BCUT2D eigenvalue weighted by atomic mass is 32.1. The number of carbonyl (C=O) groups excluding carboxylic acids is 2. The molecule has 0 atom stereocenters. The topological polar surface area (TPSA) is 60.2 Å². The number of furan rings is 1. The molecule has 0 spiro atoms. The molecular formula is C11H9NO3S. The van der Waals surface area contributed by atoms with Gasteiger partial charge in [0.25, 0.3) is 0 Å². The summed E-state index contributed by atoms with van der Waals surface area (Å²) in [5.74, 6) is -0.383. The number of aryl methyl sites for hydroxylation is 1. The second kappa shape index (κ2) is 4.40. The van der Waals surface area contributed by atoms with Crippen molar-refractivity contribution in [3.63, 3.8) is 0 Å². The number of Topliss-reactive ketones (excluding diaryl/α,β-unsaturated/α-hetero) is 2. The number of thiazole rings is 1. The summed E-state index contributed by atoms with van der Waals surface area (Å²) in [6.07, 6.45) is 1.21. The van der Waals surface area contributed by atoms with Crippen LogP contribution >= 0.6 is 11.3 Å². The molecule has 0 aliphatic heterocycles. The Hall–Kier alpha value is -1.75. The second-order valence-electron chi connectivity index (χ2n) is 3.25. The number of nitrogens with zero attached hydrogens (tertiary/aromatic N) is 1. The summed E-state index contributed by atoms with van der Waals surface area (Å²) in [6.45, 7) is 1.82. The van der Waals surface area contributed by atoms with Gasteiger partial charge in [-0.05, 0) is 19.1 Å². The number of carbonyl (C=O) groups is 2. The normalized spacial score (nSPS) is 10.3. The van der Waals surface area contributed by atoms with E-state index in [1.807, 2.05) is 6.92 Å². The van der Waals surface area contributed by atoms with Crippen LogP contribution in [-0.4, -0.2) is 16.6 Å². The maximum Gasteiger partial charge on any atom is 0.205 e. The van der Waals surface area contributed by atoms with E-state index in [0.29, 0.717) is 5.69 Å². The van der Waals surface area contributed by atoms with Crippen LogP contribution in [-0.2, 0) is 0 Å². The van der Waals surface area contributed by atoms with Gasteiger partial charge in [-0.15, -0.1) is 11.3 Å². The minimum Gasteiger partial charge on any atom is -0.461 e. The van der Waals surface area contributed by atoms with Crippen molar-refractivity contribution in [1.82, 2.24) is 4.98 Å². The van der Waals surface area contributed by atoms with Gasteiger partial charge < -0.3 is 4.42 Å². The predicted octanol–water partition coefficient (Wildman–Crippen LogP) is 2.50. The number of hydrogen-bond donors (Lipinski definition) is 0. The van der Waals surface area contributed by atoms with Gasteiger partial charge in [0.05, 0.1) is 17.7 Å². The number of rotatable bonds is 4. The van der Waals surface area contributed by atoms with Crippen molar-refractivity contribution in [2.45, 2.75) is 13.3 Å². The van der Waals surface area contributed by atoms with Crippen LogP contribution in [0.1, 0.15) is 32.5 Å². The van der Waals surface area contributed by atoms with E-state index in [1.165, 1.54) is 17.6 Å². The molecule has 5 heteroatoms. The summed E-state index contributed by atoms with van der Waals surface area (Å²) in [5.41, 5.74) is 0.349. The third-order valence-corrected chi connectivity index (χ3v) is 2.80. The third kappa shape index (κ3) is 2.25. The highest BCUT2D eigenvalue weighted by Gasteiger charge is 2.17. The Morgan fingerprint density at radius 3 is 2.81 bits per heavy atom. The van der Waals surface area contributed by atoms with Gasteiger partial charge in [0.2, 0.25) is 5.78 Å². The zero-order chi connectivity index (χ0) is 11.5. The second-order valence-corrected chi connectivity index (χ2v) is 4.31. The molecule has 2 aromatic heterocycles. The maximum atomic E-state index is 11.6. The van der Waals surface area contributed by atoms with Gasteiger partial charge in [0, 0.05) is 5.38 Å². The Labute approximate surface area is 95.9 Å². The van der Waals surface area contributed by atoms with E-state index < -0.39 is 0 Å². The molecule has 0 bridgehead atoms. The van der Waals surface area contributed by atoms with E-state index in [0.717, 1.165) is 5.01 Å². The zero-order valence-electron chi connectivity index (χ0n) is 8.60. The Bertz CT molecular complexity index is 513. The molecule has 2 aromatic rings. The standard InChI is InChI=1S/C11H9NO3S/c1-7-12-8(6-16-7)9(13)5-10(14)11-3-2-4-15-11/h2-4,6H,5H2,1H3. The van der Waals surface area contributed by atoms with Crippen LogP contribution < -0.4 is 0 Å².